The van der Waals surface area contributed by atoms with Crippen LogP contribution in [-0.4, -0.2) is 62.4 Å². The standard InChI is InChI=1S/C14H21F2NO2.C12H17N3O3/c1-11(2)17-7-4-8-18-9-10-19-13-6-3-5-12(15)14(13)16;1-3-4-10(18-2)12(17)15-8-5-6-14-9(7-8)11(13)16/h3,5-6,11,17H,4,7-10H2,1-2H3;5-7,10H,3-4H2,1-2H3,(H2,13,16)(H,14,15,17). The number of nitrogens with two attached hydrogens (primary N) is 1. The minimum Gasteiger partial charge on any atom is -0.488 e. The first-order valence-electron chi connectivity index (χ1n) is 12.2. The number of carbonyl (C=O) groups is 2. The lowest BCUT2D eigenvalue weighted by Crippen LogP contribution is -2.29. The van der Waals surface area contributed by atoms with Crippen LogP contribution in [0, 0.1) is 11.6 Å². The van der Waals surface area contributed by atoms with Crippen molar-refractivity contribution in [1.29, 1.82) is 0 Å². The van der Waals surface area contributed by atoms with Gasteiger partial charge in [0.15, 0.2) is 11.6 Å². The van der Waals surface area contributed by atoms with Crippen LogP contribution in [0.1, 0.15) is 50.5 Å². The molecule has 0 spiro atoms. The van der Waals surface area contributed by atoms with Gasteiger partial charge in [-0.15, -0.1) is 0 Å². The number of hydrogen-bond donors (Lipinski definition) is 3. The molecule has 1 aromatic heterocycles. The molecule has 1 aromatic carbocycles. The largest absolute Gasteiger partial charge is 0.488 e. The number of nitrogens with one attached hydrogen (secondary N) is 2. The van der Waals surface area contributed by atoms with E-state index in [0.29, 0.717) is 31.4 Å². The molecule has 0 aliphatic carbocycles. The zero-order valence-corrected chi connectivity index (χ0v) is 21.9. The zero-order valence-electron chi connectivity index (χ0n) is 21.9. The Balaban J connectivity index is 0.000000371. The molecule has 2 rings (SSSR count). The van der Waals surface area contributed by atoms with Crippen molar-refractivity contribution in [2.45, 2.75) is 52.2 Å². The fourth-order valence-corrected chi connectivity index (χ4v) is 2.96. The van der Waals surface area contributed by atoms with Crippen molar-refractivity contribution < 1.29 is 32.6 Å². The van der Waals surface area contributed by atoms with E-state index in [1.54, 1.807) is 6.07 Å². The highest BCUT2D eigenvalue weighted by atomic mass is 19.2. The van der Waals surface area contributed by atoms with Crippen molar-refractivity contribution in [3.8, 4) is 5.75 Å². The van der Waals surface area contributed by atoms with Crippen molar-refractivity contribution in [1.82, 2.24) is 10.3 Å². The minimum atomic E-state index is -0.955. The molecule has 0 saturated carbocycles. The van der Waals surface area contributed by atoms with E-state index in [-0.39, 0.29) is 24.0 Å². The second kappa shape index (κ2) is 18.1. The molecule has 4 N–H and O–H groups in total. The van der Waals surface area contributed by atoms with Crippen LogP contribution >= 0.6 is 0 Å². The number of rotatable bonds is 15. The number of aromatic nitrogens is 1. The van der Waals surface area contributed by atoms with E-state index in [1.807, 2.05) is 6.92 Å². The lowest BCUT2D eigenvalue weighted by molar-refractivity contribution is -0.126. The summed E-state index contributed by atoms with van der Waals surface area (Å²) in [5, 5.41) is 5.93. The summed E-state index contributed by atoms with van der Waals surface area (Å²) in [7, 11) is 1.49. The molecule has 2 amide bonds. The van der Waals surface area contributed by atoms with Gasteiger partial charge in [0, 0.05) is 31.6 Å². The summed E-state index contributed by atoms with van der Waals surface area (Å²) in [6.07, 6.45) is 3.30. The van der Waals surface area contributed by atoms with Gasteiger partial charge in [-0.25, -0.2) is 4.39 Å². The third kappa shape index (κ3) is 13.1. The highest BCUT2D eigenvalue weighted by molar-refractivity contribution is 5.96. The van der Waals surface area contributed by atoms with E-state index < -0.39 is 23.6 Å². The van der Waals surface area contributed by atoms with Gasteiger partial charge in [0.25, 0.3) is 11.8 Å². The summed E-state index contributed by atoms with van der Waals surface area (Å²) in [5.74, 6) is -2.82. The second-order valence-electron chi connectivity index (χ2n) is 8.27. The Labute approximate surface area is 217 Å². The van der Waals surface area contributed by atoms with Gasteiger partial charge in [0.2, 0.25) is 5.82 Å². The van der Waals surface area contributed by atoms with Crippen molar-refractivity contribution in [3.63, 3.8) is 0 Å². The zero-order chi connectivity index (χ0) is 27.6. The molecule has 206 valence electrons. The molecule has 11 heteroatoms. The number of anilines is 1. The number of amides is 2. The number of ether oxygens (including phenoxy) is 3. The Morgan fingerprint density at radius 1 is 1.14 bits per heavy atom. The Morgan fingerprint density at radius 2 is 1.89 bits per heavy atom. The maximum Gasteiger partial charge on any atom is 0.267 e. The van der Waals surface area contributed by atoms with Gasteiger partial charge in [-0.2, -0.15) is 4.39 Å². The number of halogens is 2. The highest BCUT2D eigenvalue weighted by Crippen LogP contribution is 2.18. The monoisotopic (exact) mass is 524 g/mol. The first kappa shape index (κ1) is 31.9. The van der Waals surface area contributed by atoms with Crippen LogP contribution in [0.25, 0.3) is 0 Å². The van der Waals surface area contributed by atoms with Gasteiger partial charge in [-0.1, -0.05) is 33.3 Å². The van der Waals surface area contributed by atoms with Gasteiger partial charge < -0.3 is 30.6 Å². The third-order valence-electron chi connectivity index (χ3n) is 4.83. The van der Waals surface area contributed by atoms with Crippen molar-refractivity contribution in [2.24, 2.45) is 5.73 Å². The highest BCUT2D eigenvalue weighted by Gasteiger charge is 2.17. The van der Waals surface area contributed by atoms with Crippen LogP contribution < -0.4 is 21.1 Å². The van der Waals surface area contributed by atoms with Gasteiger partial charge in [-0.05, 0) is 43.7 Å². The van der Waals surface area contributed by atoms with Gasteiger partial charge in [0.05, 0.1) is 6.61 Å². The molecule has 1 unspecified atom stereocenters. The number of nitrogens with zero attached hydrogens (tertiary/aromatic N) is 1. The van der Waals surface area contributed by atoms with Gasteiger partial charge >= 0.3 is 0 Å². The second-order valence-corrected chi connectivity index (χ2v) is 8.27. The predicted molar refractivity (Wildman–Crippen MR) is 138 cm³/mol. The molecular weight excluding hydrogens is 486 g/mol. The first-order chi connectivity index (χ1) is 17.7. The van der Waals surface area contributed by atoms with Crippen molar-refractivity contribution >= 4 is 17.5 Å². The topological polar surface area (TPSA) is 125 Å². The summed E-state index contributed by atoms with van der Waals surface area (Å²) < 4.78 is 41.6. The Kier molecular flexibility index (Phi) is 15.6. The average Bonchev–Trinajstić information content (AvgIpc) is 2.86. The molecule has 0 fully saturated rings. The Morgan fingerprint density at radius 3 is 2.54 bits per heavy atom. The predicted octanol–water partition coefficient (Wildman–Crippen LogP) is 3.68. The van der Waals surface area contributed by atoms with E-state index in [9.17, 15) is 18.4 Å². The lowest BCUT2D eigenvalue weighted by Gasteiger charge is -2.14. The molecule has 0 aliphatic rings. The quantitative estimate of drug-likeness (QED) is 0.304. The number of primary amides is 1. The molecule has 1 atom stereocenters. The molecule has 0 aliphatic heterocycles. The third-order valence-corrected chi connectivity index (χ3v) is 4.83. The van der Waals surface area contributed by atoms with Gasteiger partial charge in [0.1, 0.15) is 18.4 Å². The average molecular weight is 525 g/mol. The van der Waals surface area contributed by atoms with Crippen LogP contribution in [0.4, 0.5) is 14.5 Å². The number of carbonyl (C=O) groups excluding carboxylic acids is 2. The van der Waals surface area contributed by atoms with Crippen LogP contribution in [0.3, 0.4) is 0 Å². The molecule has 2 aromatic rings. The van der Waals surface area contributed by atoms with E-state index in [2.05, 4.69) is 29.5 Å². The van der Waals surface area contributed by atoms with Crippen LogP contribution in [0.15, 0.2) is 36.5 Å². The molecular formula is C26H38F2N4O5. The number of pyridine rings is 1. The normalized spacial score (nSPS) is 11.4. The van der Waals surface area contributed by atoms with Crippen LogP contribution in [0.5, 0.6) is 5.75 Å². The summed E-state index contributed by atoms with van der Waals surface area (Å²) in [5.41, 5.74) is 5.69. The number of methoxy groups -OCH3 is 1. The van der Waals surface area contributed by atoms with E-state index in [4.69, 9.17) is 19.9 Å². The fourth-order valence-electron chi connectivity index (χ4n) is 2.96. The molecule has 9 nitrogen and oxygen atoms in total. The Bertz CT molecular complexity index is 962. The summed E-state index contributed by atoms with van der Waals surface area (Å²) in [6, 6.07) is 7.35. The number of benzene rings is 1. The molecule has 37 heavy (non-hydrogen) atoms. The SMILES string of the molecule is CC(C)NCCCOCCOc1cccc(F)c1F.CCCC(OC)C(=O)Nc1ccnc(C(N)=O)c1. The molecule has 0 radical (unpaired) electrons. The van der Waals surface area contributed by atoms with E-state index in [1.165, 1.54) is 31.5 Å². The molecule has 0 saturated heterocycles. The lowest BCUT2D eigenvalue weighted by atomic mass is 10.2. The number of hydrogen-bond acceptors (Lipinski definition) is 7. The van der Waals surface area contributed by atoms with Crippen LogP contribution in [0.2, 0.25) is 0 Å². The maximum absolute atomic E-state index is 13.2. The molecule has 0 bridgehead atoms. The van der Waals surface area contributed by atoms with Gasteiger partial charge in [-0.3, -0.25) is 14.6 Å². The minimum absolute atomic E-state index is 0.0786. The Hall–Kier alpha value is -3.15. The summed E-state index contributed by atoms with van der Waals surface area (Å²) >= 11 is 0. The summed E-state index contributed by atoms with van der Waals surface area (Å²) in [4.78, 5) is 26.6. The van der Waals surface area contributed by atoms with Crippen molar-refractivity contribution in [2.75, 3.05) is 38.8 Å². The maximum atomic E-state index is 13.2. The van der Waals surface area contributed by atoms with Crippen LogP contribution in [-0.2, 0) is 14.3 Å². The van der Waals surface area contributed by atoms with E-state index >= 15 is 0 Å². The fraction of sp³-hybridized carbons (Fsp3) is 0.500. The van der Waals surface area contributed by atoms with Crippen molar-refractivity contribution in [3.05, 3.63) is 53.9 Å². The first-order valence-corrected chi connectivity index (χ1v) is 12.2. The van der Waals surface area contributed by atoms with E-state index in [0.717, 1.165) is 25.5 Å². The molecule has 1 heterocycles. The smallest absolute Gasteiger partial charge is 0.267 e. The summed E-state index contributed by atoms with van der Waals surface area (Å²) in [6.45, 7) is 8.22.